The molecular formula is C13H17ClO3. The van der Waals surface area contributed by atoms with E-state index in [0.717, 1.165) is 12.0 Å². The molecule has 0 radical (unpaired) electrons. The van der Waals surface area contributed by atoms with E-state index in [9.17, 15) is 5.11 Å². The maximum atomic E-state index is 10.6. The topological polar surface area (TPSA) is 38.7 Å². The third-order valence-corrected chi connectivity index (χ3v) is 3.77. The van der Waals surface area contributed by atoms with Gasteiger partial charge in [-0.15, -0.1) is 0 Å². The van der Waals surface area contributed by atoms with E-state index in [-0.39, 0.29) is 5.92 Å². The molecule has 2 unspecified atom stereocenters. The smallest absolute Gasteiger partial charge is 0.137 e. The second-order valence-electron chi connectivity index (χ2n) is 4.56. The van der Waals surface area contributed by atoms with Crippen LogP contribution in [0.25, 0.3) is 0 Å². The van der Waals surface area contributed by atoms with Crippen LogP contribution in [0.4, 0.5) is 0 Å². The molecule has 0 saturated carbocycles. The molecule has 0 bridgehead atoms. The zero-order chi connectivity index (χ0) is 12.5. The van der Waals surface area contributed by atoms with Crippen LogP contribution < -0.4 is 4.74 Å². The van der Waals surface area contributed by atoms with Gasteiger partial charge in [0.2, 0.25) is 0 Å². The van der Waals surface area contributed by atoms with Gasteiger partial charge in [-0.2, -0.15) is 0 Å². The summed E-state index contributed by atoms with van der Waals surface area (Å²) >= 11 is 5.97. The molecule has 1 aromatic rings. The molecule has 4 heteroatoms. The molecule has 2 atom stereocenters. The third-order valence-electron chi connectivity index (χ3n) is 3.46. The van der Waals surface area contributed by atoms with Gasteiger partial charge in [0.05, 0.1) is 24.3 Å². The largest absolute Gasteiger partial charge is 0.495 e. The Morgan fingerprint density at radius 2 is 2.29 bits per heavy atom. The predicted molar refractivity (Wildman–Crippen MR) is 66.5 cm³/mol. The highest BCUT2D eigenvalue weighted by Gasteiger charge is 2.36. The molecule has 1 heterocycles. The lowest BCUT2D eigenvalue weighted by Gasteiger charge is -2.30. The fraction of sp³-hybridized carbons (Fsp3) is 0.538. The minimum atomic E-state index is -0.908. The zero-order valence-corrected chi connectivity index (χ0v) is 10.8. The number of halogens is 1. The van der Waals surface area contributed by atoms with E-state index in [1.807, 2.05) is 13.0 Å². The second-order valence-corrected chi connectivity index (χ2v) is 4.96. The standard InChI is InChI=1S/C13H17ClO3/c1-13(15,10-5-6-17-8-10)9-3-4-11(14)12(7-9)16-2/h3-4,7,10,15H,5-6,8H2,1-2H3. The summed E-state index contributed by atoms with van der Waals surface area (Å²) in [5.41, 5.74) is -0.0942. The monoisotopic (exact) mass is 256 g/mol. The highest BCUT2D eigenvalue weighted by Crippen LogP contribution is 2.37. The third kappa shape index (κ3) is 2.41. The maximum Gasteiger partial charge on any atom is 0.137 e. The fourth-order valence-electron chi connectivity index (χ4n) is 2.19. The van der Waals surface area contributed by atoms with Crippen molar-refractivity contribution in [3.05, 3.63) is 28.8 Å². The van der Waals surface area contributed by atoms with Gasteiger partial charge in [-0.05, 0) is 31.0 Å². The van der Waals surface area contributed by atoms with Crippen molar-refractivity contribution in [2.24, 2.45) is 5.92 Å². The number of hydrogen-bond acceptors (Lipinski definition) is 3. The zero-order valence-electron chi connectivity index (χ0n) is 10.1. The molecule has 3 nitrogen and oxygen atoms in total. The van der Waals surface area contributed by atoms with Crippen molar-refractivity contribution >= 4 is 11.6 Å². The molecule has 0 spiro atoms. The highest BCUT2D eigenvalue weighted by atomic mass is 35.5. The minimum absolute atomic E-state index is 0.119. The summed E-state index contributed by atoms with van der Waals surface area (Å²) in [6, 6.07) is 5.38. The molecular weight excluding hydrogens is 240 g/mol. The summed E-state index contributed by atoms with van der Waals surface area (Å²) in [6.07, 6.45) is 0.873. The van der Waals surface area contributed by atoms with E-state index >= 15 is 0 Å². The van der Waals surface area contributed by atoms with Crippen LogP contribution in [0.2, 0.25) is 5.02 Å². The van der Waals surface area contributed by atoms with Crippen LogP contribution in [0.1, 0.15) is 18.9 Å². The Labute approximate surface area is 106 Å². The van der Waals surface area contributed by atoms with Crippen molar-refractivity contribution in [2.45, 2.75) is 18.9 Å². The second kappa shape index (κ2) is 4.84. The number of aliphatic hydroxyl groups is 1. The molecule has 1 aliphatic heterocycles. The summed E-state index contributed by atoms with van der Waals surface area (Å²) in [7, 11) is 1.57. The van der Waals surface area contributed by atoms with Gasteiger partial charge in [0, 0.05) is 12.5 Å². The van der Waals surface area contributed by atoms with Gasteiger partial charge in [0.25, 0.3) is 0 Å². The summed E-state index contributed by atoms with van der Waals surface area (Å²) in [5, 5.41) is 11.2. The van der Waals surface area contributed by atoms with Crippen LogP contribution in [-0.2, 0) is 10.3 Å². The van der Waals surface area contributed by atoms with Crippen LogP contribution in [0, 0.1) is 5.92 Å². The minimum Gasteiger partial charge on any atom is -0.495 e. The Kier molecular flexibility index (Phi) is 3.61. The van der Waals surface area contributed by atoms with E-state index in [0.29, 0.717) is 24.0 Å². The Morgan fingerprint density at radius 1 is 1.53 bits per heavy atom. The Morgan fingerprint density at radius 3 is 2.88 bits per heavy atom. The SMILES string of the molecule is COc1cc(C(C)(O)C2CCOC2)ccc1Cl. The number of rotatable bonds is 3. The van der Waals surface area contributed by atoms with Crippen molar-refractivity contribution in [3.8, 4) is 5.75 Å². The van der Waals surface area contributed by atoms with E-state index in [1.165, 1.54) is 0 Å². The van der Waals surface area contributed by atoms with Gasteiger partial charge in [-0.1, -0.05) is 17.7 Å². The van der Waals surface area contributed by atoms with Crippen LogP contribution >= 0.6 is 11.6 Å². The molecule has 1 saturated heterocycles. The average molecular weight is 257 g/mol. The molecule has 0 aliphatic carbocycles. The van der Waals surface area contributed by atoms with Gasteiger partial charge in [-0.25, -0.2) is 0 Å². The van der Waals surface area contributed by atoms with Gasteiger partial charge in [-0.3, -0.25) is 0 Å². The summed E-state index contributed by atoms with van der Waals surface area (Å²) < 4.78 is 10.5. The molecule has 94 valence electrons. The van der Waals surface area contributed by atoms with Crippen LogP contribution in [-0.4, -0.2) is 25.4 Å². The molecule has 0 aromatic heterocycles. The normalized spacial score (nSPS) is 23.4. The van der Waals surface area contributed by atoms with E-state index in [2.05, 4.69) is 0 Å². The first-order valence-corrected chi connectivity index (χ1v) is 6.07. The summed E-state index contributed by atoms with van der Waals surface area (Å²) in [5.74, 6) is 0.705. The van der Waals surface area contributed by atoms with Crippen molar-refractivity contribution in [1.29, 1.82) is 0 Å². The van der Waals surface area contributed by atoms with E-state index in [1.54, 1.807) is 19.2 Å². The summed E-state index contributed by atoms with van der Waals surface area (Å²) in [6.45, 7) is 3.12. The van der Waals surface area contributed by atoms with Crippen molar-refractivity contribution < 1.29 is 14.6 Å². The lowest BCUT2D eigenvalue weighted by molar-refractivity contribution is -0.00985. The Bertz CT molecular complexity index is 398. The maximum absolute atomic E-state index is 10.6. The van der Waals surface area contributed by atoms with Gasteiger partial charge in [0.15, 0.2) is 0 Å². The molecule has 1 N–H and O–H groups in total. The number of benzene rings is 1. The van der Waals surface area contributed by atoms with E-state index < -0.39 is 5.60 Å². The Balaban J connectivity index is 2.31. The number of hydrogen-bond donors (Lipinski definition) is 1. The first-order valence-electron chi connectivity index (χ1n) is 5.70. The van der Waals surface area contributed by atoms with Gasteiger partial charge >= 0.3 is 0 Å². The van der Waals surface area contributed by atoms with Crippen molar-refractivity contribution in [1.82, 2.24) is 0 Å². The lowest BCUT2D eigenvalue weighted by Crippen LogP contribution is -2.32. The summed E-state index contributed by atoms with van der Waals surface area (Å²) in [4.78, 5) is 0. The van der Waals surface area contributed by atoms with E-state index in [4.69, 9.17) is 21.1 Å². The first kappa shape index (κ1) is 12.7. The van der Waals surface area contributed by atoms with Gasteiger partial charge < -0.3 is 14.6 Å². The fourth-order valence-corrected chi connectivity index (χ4v) is 2.38. The van der Waals surface area contributed by atoms with Crippen LogP contribution in [0.5, 0.6) is 5.75 Å². The molecule has 2 rings (SSSR count). The van der Waals surface area contributed by atoms with Crippen molar-refractivity contribution in [2.75, 3.05) is 20.3 Å². The quantitative estimate of drug-likeness (QED) is 0.904. The number of ether oxygens (including phenoxy) is 2. The average Bonchev–Trinajstić information content (AvgIpc) is 2.83. The lowest BCUT2D eigenvalue weighted by atomic mass is 9.82. The van der Waals surface area contributed by atoms with Crippen molar-refractivity contribution in [3.63, 3.8) is 0 Å². The van der Waals surface area contributed by atoms with Crippen LogP contribution in [0.15, 0.2) is 18.2 Å². The molecule has 1 fully saturated rings. The predicted octanol–water partition coefficient (Wildman–Crippen LogP) is 2.59. The van der Waals surface area contributed by atoms with Gasteiger partial charge in [0.1, 0.15) is 5.75 Å². The highest BCUT2D eigenvalue weighted by molar-refractivity contribution is 6.32. The Hall–Kier alpha value is -0.770. The first-order chi connectivity index (χ1) is 8.05. The molecule has 17 heavy (non-hydrogen) atoms. The molecule has 0 amide bonds. The molecule has 1 aromatic carbocycles. The molecule has 1 aliphatic rings. The number of methoxy groups -OCH3 is 1. The van der Waals surface area contributed by atoms with Crippen LogP contribution in [0.3, 0.4) is 0 Å².